The predicted molar refractivity (Wildman–Crippen MR) is 128 cm³/mol. The second kappa shape index (κ2) is 10.4. The molecule has 6 nitrogen and oxygen atoms in total. The van der Waals surface area contributed by atoms with Crippen LogP contribution in [-0.4, -0.2) is 24.6 Å². The van der Waals surface area contributed by atoms with Crippen LogP contribution in [0.15, 0.2) is 82.4 Å². The summed E-state index contributed by atoms with van der Waals surface area (Å²) >= 11 is 3.41. The van der Waals surface area contributed by atoms with Crippen LogP contribution in [0.5, 0.6) is 5.75 Å². The molecule has 1 fully saturated rings. The first-order valence-electron chi connectivity index (χ1n) is 10.3. The molecule has 0 saturated carbocycles. The van der Waals surface area contributed by atoms with E-state index in [0.717, 1.165) is 21.3 Å². The molecule has 0 spiro atoms. The molecule has 0 bridgehead atoms. The standard InChI is InChI=1S/C25H21BrFN3O3/c26-20-5-1-18(2-6-20)16-33-23-11-3-17(4-12-23)14-28-29-25(32)19-13-24(31)30(15-19)22-9-7-21(27)8-10-22/h1-12,14,19H,13,15-16H2,(H,29,32)/b28-14-/t19-/m1/s1. The maximum absolute atomic E-state index is 13.1. The van der Waals surface area contributed by atoms with E-state index in [2.05, 4.69) is 26.5 Å². The molecule has 2 amide bonds. The lowest BCUT2D eigenvalue weighted by Crippen LogP contribution is -2.30. The molecule has 168 valence electrons. The van der Waals surface area contributed by atoms with Gasteiger partial charge in [0.25, 0.3) is 0 Å². The molecule has 1 heterocycles. The fourth-order valence-corrected chi connectivity index (χ4v) is 3.68. The van der Waals surface area contributed by atoms with Crippen molar-refractivity contribution in [2.75, 3.05) is 11.4 Å². The van der Waals surface area contributed by atoms with E-state index in [1.165, 1.54) is 35.4 Å². The van der Waals surface area contributed by atoms with Gasteiger partial charge in [0.15, 0.2) is 0 Å². The first-order valence-corrected chi connectivity index (χ1v) is 11.1. The summed E-state index contributed by atoms with van der Waals surface area (Å²) in [6.07, 6.45) is 1.62. The van der Waals surface area contributed by atoms with Crippen LogP contribution in [0.1, 0.15) is 17.5 Å². The number of carbonyl (C=O) groups is 2. The van der Waals surface area contributed by atoms with Crippen LogP contribution < -0.4 is 15.1 Å². The van der Waals surface area contributed by atoms with E-state index in [0.29, 0.717) is 12.3 Å². The molecule has 4 rings (SSSR count). The Morgan fingerprint density at radius 2 is 1.79 bits per heavy atom. The lowest BCUT2D eigenvalue weighted by atomic mass is 10.1. The van der Waals surface area contributed by atoms with Gasteiger partial charge in [0.05, 0.1) is 12.1 Å². The molecule has 1 N–H and O–H groups in total. The minimum Gasteiger partial charge on any atom is -0.489 e. The predicted octanol–water partition coefficient (Wildman–Crippen LogP) is 4.67. The number of anilines is 1. The van der Waals surface area contributed by atoms with Gasteiger partial charge in [-0.25, -0.2) is 9.82 Å². The van der Waals surface area contributed by atoms with Crippen LogP contribution in [-0.2, 0) is 16.2 Å². The number of hydrogen-bond donors (Lipinski definition) is 1. The molecule has 1 aliphatic rings. The van der Waals surface area contributed by atoms with Crippen molar-refractivity contribution in [2.45, 2.75) is 13.0 Å². The van der Waals surface area contributed by atoms with Crippen molar-refractivity contribution >= 4 is 39.6 Å². The SMILES string of the molecule is O=C(N/N=C\c1ccc(OCc2ccc(Br)cc2)cc1)[C@@H]1CC(=O)N(c2ccc(F)cc2)C1. The minimum atomic E-state index is -0.519. The first kappa shape index (κ1) is 22.7. The van der Waals surface area contributed by atoms with Gasteiger partial charge in [-0.15, -0.1) is 0 Å². The van der Waals surface area contributed by atoms with Crippen molar-refractivity contribution in [3.05, 3.63) is 94.2 Å². The molecule has 33 heavy (non-hydrogen) atoms. The number of halogens is 2. The average Bonchev–Trinajstić information content (AvgIpc) is 3.22. The summed E-state index contributed by atoms with van der Waals surface area (Å²) in [7, 11) is 0. The van der Waals surface area contributed by atoms with Crippen LogP contribution >= 0.6 is 15.9 Å². The summed E-state index contributed by atoms with van der Waals surface area (Å²) < 4.78 is 19.9. The van der Waals surface area contributed by atoms with Gasteiger partial charge in [0.1, 0.15) is 18.2 Å². The summed E-state index contributed by atoms with van der Waals surface area (Å²) in [5, 5.41) is 4.00. The maximum Gasteiger partial charge on any atom is 0.245 e. The molecule has 8 heteroatoms. The van der Waals surface area contributed by atoms with Gasteiger partial charge in [0, 0.05) is 23.1 Å². The summed E-state index contributed by atoms with van der Waals surface area (Å²) in [6.45, 7) is 0.696. The number of carbonyl (C=O) groups excluding carboxylic acids is 2. The quantitative estimate of drug-likeness (QED) is 0.371. The van der Waals surface area contributed by atoms with Crippen LogP contribution in [0, 0.1) is 11.7 Å². The fraction of sp³-hybridized carbons (Fsp3) is 0.160. The van der Waals surface area contributed by atoms with Gasteiger partial charge in [-0.2, -0.15) is 5.10 Å². The van der Waals surface area contributed by atoms with E-state index in [4.69, 9.17) is 4.74 Å². The van der Waals surface area contributed by atoms with Gasteiger partial charge in [-0.3, -0.25) is 9.59 Å². The Labute approximate surface area is 199 Å². The number of rotatable bonds is 7. The van der Waals surface area contributed by atoms with Gasteiger partial charge in [-0.1, -0.05) is 28.1 Å². The number of nitrogens with one attached hydrogen (secondary N) is 1. The lowest BCUT2D eigenvalue weighted by Gasteiger charge is -2.16. The van der Waals surface area contributed by atoms with Crippen molar-refractivity contribution in [3.63, 3.8) is 0 Å². The summed E-state index contributed by atoms with van der Waals surface area (Å²) in [4.78, 5) is 26.2. The summed E-state index contributed by atoms with van der Waals surface area (Å²) in [5.41, 5.74) is 4.93. The normalized spacial score (nSPS) is 15.8. The zero-order valence-corrected chi connectivity index (χ0v) is 19.2. The maximum atomic E-state index is 13.1. The van der Waals surface area contributed by atoms with Gasteiger partial charge in [-0.05, 0) is 71.8 Å². The second-order valence-electron chi connectivity index (χ2n) is 7.60. The zero-order chi connectivity index (χ0) is 23.2. The molecule has 1 atom stereocenters. The van der Waals surface area contributed by atoms with E-state index in [1.807, 2.05) is 48.5 Å². The highest BCUT2D eigenvalue weighted by molar-refractivity contribution is 9.10. The largest absolute Gasteiger partial charge is 0.489 e. The number of ether oxygens (including phenoxy) is 1. The smallest absolute Gasteiger partial charge is 0.245 e. The van der Waals surface area contributed by atoms with Gasteiger partial charge in [0.2, 0.25) is 11.8 Å². The van der Waals surface area contributed by atoms with Crippen molar-refractivity contribution in [3.8, 4) is 5.75 Å². The van der Waals surface area contributed by atoms with E-state index in [9.17, 15) is 14.0 Å². The topological polar surface area (TPSA) is 71.0 Å². The third-order valence-electron chi connectivity index (χ3n) is 5.22. The third-order valence-corrected chi connectivity index (χ3v) is 5.75. The van der Waals surface area contributed by atoms with Gasteiger partial charge >= 0.3 is 0 Å². The number of hydrogen-bond acceptors (Lipinski definition) is 4. The number of nitrogens with zero attached hydrogens (tertiary/aromatic N) is 2. The molecule has 3 aromatic rings. The molecule has 0 radical (unpaired) electrons. The minimum absolute atomic E-state index is 0.0864. The molecular weight excluding hydrogens is 489 g/mol. The van der Waals surface area contributed by atoms with Crippen molar-refractivity contribution in [1.82, 2.24) is 5.43 Å². The van der Waals surface area contributed by atoms with Crippen molar-refractivity contribution in [2.24, 2.45) is 11.0 Å². The number of hydrazone groups is 1. The highest BCUT2D eigenvalue weighted by atomic mass is 79.9. The zero-order valence-electron chi connectivity index (χ0n) is 17.6. The average molecular weight is 510 g/mol. The summed E-state index contributed by atoms with van der Waals surface area (Å²) in [6, 6.07) is 20.9. The Balaban J connectivity index is 1.26. The molecule has 1 aliphatic heterocycles. The van der Waals surface area contributed by atoms with E-state index in [1.54, 1.807) is 0 Å². The number of amides is 2. The van der Waals surface area contributed by atoms with E-state index >= 15 is 0 Å². The Hall–Kier alpha value is -3.52. The Kier molecular flexibility index (Phi) is 7.14. The Morgan fingerprint density at radius 3 is 2.48 bits per heavy atom. The molecule has 0 aromatic heterocycles. The molecule has 0 aliphatic carbocycles. The third kappa shape index (κ3) is 6.04. The molecule has 0 unspecified atom stereocenters. The van der Waals surface area contributed by atoms with Crippen LogP contribution in [0.2, 0.25) is 0 Å². The molecule has 1 saturated heterocycles. The fourth-order valence-electron chi connectivity index (χ4n) is 3.41. The highest BCUT2D eigenvalue weighted by Crippen LogP contribution is 2.25. The molecular formula is C25H21BrFN3O3. The molecule has 3 aromatic carbocycles. The summed E-state index contributed by atoms with van der Waals surface area (Å²) in [5.74, 6) is -0.681. The first-order chi connectivity index (χ1) is 16.0. The second-order valence-corrected chi connectivity index (χ2v) is 8.52. The van der Waals surface area contributed by atoms with E-state index in [-0.39, 0.29) is 30.6 Å². The van der Waals surface area contributed by atoms with Crippen LogP contribution in [0.3, 0.4) is 0 Å². The van der Waals surface area contributed by atoms with Crippen LogP contribution in [0.25, 0.3) is 0 Å². The van der Waals surface area contributed by atoms with Crippen LogP contribution in [0.4, 0.5) is 10.1 Å². The van der Waals surface area contributed by atoms with Crippen molar-refractivity contribution in [1.29, 1.82) is 0 Å². The number of benzene rings is 3. The lowest BCUT2D eigenvalue weighted by molar-refractivity contribution is -0.126. The van der Waals surface area contributed by atoms with Crippen molar-refractivity contribution < 1.29 is 18.7 Å². The Morgan fingerprint density at radius 1 is 1.09 bits per heavy atom. The monoisotopic (exact) mass is 509 g/mol. The Bertz CT molecular complexity index is 1150. The van der Waals surface area contributed by atoms with E-state index < -0.39 is 5.92 Å². The highest BCUT2D eigenvalue weighted by Gasteiger charge is 2.35. The van der Waals surface area contributed by atoms with Gasteiger partial charge < -0.3 is 9.64 Å².